The first-order valence-electron chi connectivity index (χ1n) is 8.23. The Labute approximate surface area is 181 Å². The molecule has 4 rings (SSSR count). The molecule has 29 heavy (non-hydrogen) atoms. The molecule has 3 heterocycles. The van der Waals surface area contributed by atoms with Gasteiger partial charge < -0.3 is 10.4 Å². The van der Waals surface area contributed by atoms with Crippen LogP contribution in [0.5, 0.6) is 0 Å². The molecule has 146 valence electrons. The molecule has 7 nitrogen and oxygen atoms in total. The molecule has 10 heteroatoms. The third-order valence-electron chi connectivity index (χ3n) is 3.92. The van der Waals surface area contributed by atoms with Crippen LogP contribution in [-0.4, -0.2) is 25.0 Å². The van der Waals surface area contributed by atoms with E-state index >= 15 is 0 Å². The van der Waals surface area contributed by atoms with Crippen LogP contribution in [0, 0.1) is 13.5 Å². The summed E-state index contributed by atoms with van der Waals surface area (Å²) in [5, 5.41) is 13.6. The minimum absolute atomic E-state index is 0. The number of nitrogens with one attached hydrogen (secondary N) is 1. The zero-order chi connectivity index (χ0) is 19.7. The van der Waals surface area contributed by atoms with Crippen molar-refractivity contribution in [1.29, 1.82) is 0 Å². The van der Waals surface area contributed by atoms with Gasteiger partial charge in [0.25, 0.3) is 0 Å². The highest BCUT2D eigenvalue weighted by molar-refractivity contribution is 7.22. The lowest BCUT2D eigenvalue weighted by atomic mass is 10.2. The molecule has 0 spiro atoms. The van der Waals surface area contributed by atoms with Gasteiger partial charge in [-0.2, -0.15) is 0 Å². The van der Waals surface area contributed by atoms with Crippen LogP contribution in [0.1, 0.15) is 11.5 Å². The van der Waals surface area contributed by atoms with E-state index in [1.54, 1.807) is 36.5 Å². The van der Waals surface area contributed by atoms with Crippen LogP contribution >= 0.6 is 35.3 Å². The van der Waals surface area contributed by atoms with E-state index in [9.17, 15) is 5.11 Å². The Bertz CT molecular complexity index is 1240. The van der Waals surface area contributed by atoms with Crippen LogP contribution in [-0.2, 0) is 6.61 Å². The van der Waals surface area contributed by atoms with Crippen molar-refractivity contribution >= 4 is 62.9 Å². The summed E-state index contributed by atoms with van der Waals surface area (Å²) >= 11 is 7.74. The van der Waals surface area contributed by atoms with Crippen molar-refractivity contribution in [2.45, 2.75) is 13.5 Å². The molecule has 3 aromatic heterocycles. The van der Waals surface area contributed by atoms with Gasteiger partial charge in [-0.15, -0.1) is 23.7 Å². The van der Waals surface area contributed by atoms with Gasteiger partial charge in [0.2, 0.25) is 0 Å². The molecular formula is C19H14Cl2N6OS. The van der Waals surface area contributed by atoms with Crippen LogP contribution in [0.3, 0.4) is 0 Å². The summed E-state index contributed by atoms with van der Waals surface area (Å²) in [4.78, 5) is 21.0. The minimum Gasteiger partial charge on any atom is -0.388 e. The minimum atomic E-state index is -0.245. The molecule has 0 aliphatic carbocycles. The first-order valence-corrected chi connectivity index (χ1v) is 9.43. The van der Waals surface area contributed by atoms with Crippen LogP contribution in [0.4, 0.5) is 17.3 Å². The number of aliphatic hydroxyl groups is 1. The Morgan fingerprint density at radius 1 is 1.24 bits per heavy atom. The second-order valence-corrected chi connectivity index (χ2v) is 7.27. The van der Waals surface area contributed by atoms with E-state index in [1.165, 1.54) is 11.3 Å². The van der Waals surface area contributed by atoms with Crippen molar-refractivity contribution in [2.24, 2.45) is 0 Å². The molecule has 0 aliphatic rings. The van der Waals surface area contributed by atoms with Gasteiger partial charge in [-0.25, -0.2) is 24.8 Å². The van der Waals surface area contributed by atoms with Crippen molar-refractivity contribution in [3.05, 3.63) is 64.5 Å². The first-order chi connectivity index (χ1) is 13.6. The van der Waals surface area contributed by atoms with Gasteiger partial charge >= 0.3 is 0 Å². The predicted octanol–water partition coefficient (Wildman–Crippen LogP) is 5.32. The molecule has 0 radical (unpaired) electrons. The Morgan fingerprint density at radius 2 is 2.07 bits per heavy atom. The molecule has 0 aliphatic heterocycles. The summed E-state index contributed by atoms with van der Waals surface area (Å²) < 4.78 is 0.815. The third kappa shape index (κ3) is 4.13. The fourth-order valence-electron chi connectivity index (χ4n) is 2.76. The Balaban J connectivity index is 0.00000240. The number of hydrogen-bond donors (Lipinski definition) is 2. The maximum Gasteiger partial charge on any atom is 0.198 e. The number of aromatic nitrogens is 4. The van der Waals surface area contributed by atoms with Crippen LogP contribution < -0.4 is 5.32 Å². The summed E-state index contributed by atoms with van der Waals surface area (Å²) in [6.45, 7) is 8.98. The molecule has 0 amide bonds. The predicted molar refractivity (Wildman–Crippen MR) is 117 cm³/mol. The van der Waals surface area contributed by atoms with E-state index < -0.39 is 0 Å². The van der Waals surface area contributed by atoms with Crippen LogP contribution in [0.25, 0.3) is 25.6 Å². The molecule has 0 unspecified atom stereocenters. The number of nitrogens with zero attached hydrogens (tertiary/aromatic N) is 5. The molecule has 0 saturated heterocycles. The van der Waals surface area contributed by atoms with E-state index in [2.05, 4.69) is 30.1 Å². The summed E-state index contributed by atoms with van der Waals surface area (Å²) in [6, 6.07) is 8.79. The van der Waals surface area contributed by atoms with Gasteiger partial charge in [-0.1, -0.05) is 23.7 Å². The average molecular weight is 445 g/mol. The Morgan fingerprint density at radius 3 is 2.83 bits per heavy atom. The van der Waals surface area contributed by atoms with Gasteiger partial charge in [-0.05, 0) is 19.1 Å². The van der Waals surface area contributed by atoms with Gasteiger partial charge in [-0.3, -0.25) is 0 Å². The number of aryl methyl sites for hydroxylation is 1. The lowest BCUT2D eigenvalue weighted by Crippen LogP contribution is -2.02. The fraction of sp³-hybridized carbons (Fsp3) is 0.105. The van der Waals surface area contributed by atoms with E-state index in [-0.39, 0.29) is 19.0 Å². The number of anilines is 2. The summed E-state index contributed by atoms with van der Waals surface area (Å²) in [5.41, 5.74) is 2.54. The fourth-order valence-corrected chi connectivity index (χ4v) is 4.14. The summed E-state index contributed by atoms with van der Waals surface area (Å²) in [6.07, 6.45) is 1.65. The molecule has 4 aromatic rings. The highest BCUT2D eigenvalue weighted by Gasteiger charge is 2.16. The van der Waals surface area contributed by atoms with Crippen molar-refractivity contribution in [1.82, 2.24) is 19.9 Å². The quantitative estimate of drug-likeness (QED) is 0.414. The Kier molecular flexibility index (Phi) is 6.25. The lowest BCUT2D eigenvalue weighted by Gasteiger charge is -2.07. The van der Waals surface area contributed by atoms with Gasteiger partial charge in [0.05, 0.1) is 16.8 Å². The average Bonchev–Trinajstić information content (AvgIpc) is 3.12. The molecule has 1 aromatic carbocycles. The summed E-state index contributed by atoms with van der Waals surface area (Å²) in [7, 11) is 0. The third-order valence-corrected chi connectivity index (χ3v) is 5.33. The van der Waals surface area contributed by atoms with E-state index in [0.717, 1.165) is 15.9 Å². The maximum absolute atomic E-state index is 9.32. The molecular weight excluding hydrogens is 431 g/mol. The van der Waals surface area contributed by atoms with Crippen molar-refractivity contribution in [3.63, 3.8) is 0 Å². The zero-order valence-electron chi connectivity index (χ0n) is 15.0. The largest absolute Gasteiger partial charge is 0.388 e. The first kappa shape index (κ1) is 20.9. The molecule has 0 fully saturated rings. The van der Waals surface area contributed by atoms with Gasteiger partial charge in [0.1, 0.15) is 17.4 Å². The standard InChI is InChI=1S/C19H13ClN6OS.ClH/c1-10-8-14(25-15(9-27)23-10)26-18-17-13(6-7-22-18)24-19(28-17)16-11(20)4-3-5-12(16)21-2;/h3-8,27H,9H2,1H3,(H,22,23,25,26);1H. The molecule has 2 N–H and O–H groups in total. The number of hydrogen-bond acceptors (Lipinski definition) is 7. The van der Waals surface area contributed by atoms with Gasteiger partial charge in [0, 0.05) is 28.5 Å². The van der Waals surface area contributed by atoms with E-state index in [1.807, 2.05) is 6.92 Å². The van der Waals surface area contributed by atoms with Crippen molar-refractivity contribution in [2.75, 3.05) is 5.32 Å². The monoisotopic (exact) mass is 444 g/mol. The SMILES string of the molecule is Cl.[C-]#[N+]c1cccc(Cl)c1-c1nc2ccnc(Nc3cc(C)nc(CO)n3)c2s1. The lowest BCUT2D eigenvalue weighted by molar-refractivity contribution is 0.271. The number of benzene rings is 1. The number of halogens is 2. The van der Waals surface area contributed by atoms with Crippen molar-refractivity contribution < 1.29 is 5.11 Å². The highest BCUT2D eigenvalue weighted by Crippen LogP contribution is 2.42. The Hall–Kier alpha value is -2.83. The van der Waals surface area contributed by atoms with E-state index in [4.69, 9.17) is 18.2 Å². The molecule has 0 saturated carbocycles. The van der Waals surface area contributed by atoms with Crippen LogP contribution in [0.15, 0.2) is 36.5 Å². The topological polar surface area (TPSA) is 88.2 Å². The molecule has 0 atom stereocenters. The summed E-state index contributed by atoms with van der Waals surface area (Å²) in [5.74, 6) is 1.45. The maximum atomic E-state index is 9.32. The molecule has 0 bridgehead atoms. The van der Waals surface area contributed by atoms with E-state index in [0.29, 0.717) is 38.7 Å². The number of fused-ring (bicyclic) bond motifs is 1. The second-order valence-electron chi connectivity index (χ2n) is 5.87. The highest BCUT2D eigenvalue weighted by atomic mass is 35.5. The second kappa shape index (κ2) is 8.68. The van der Waals surface area contributed by atoms with Crippen molar-refractivity contribution in [3.8, 4) is 10.6 Å². The number of thiazole rings is 1. The number of pyridine rings is 1. The van der Waals surface area contributed by atoms with Gasteiger partial charge in [0.15, 0.2) is 17.3 Å². The number of rotatable bonds is 4. The normalized spacial score (nSPS) is 10.4. The smallest absolute Gasteiger partial charge is 0.198 e. The number of aliphatic hydroxyl groups excluding tert-OH is 1. The zero-order valence-corrected chi connectivity index (χ0v) is 17.4. The van der Waals surface area contributed by atoms with Crippen LogP contribution in [0.2, 0.25) is 5.02 Å².